The molecule has 5 heteroatoms. The van der Waals surface area contributed by atoms with Gasteiger partial charge in [-0.15, -0.1) is 0 Å². The summed E-state index contributed by atoms with van der Waals surface area (Å²) in [5, 5.41) is 20.5. The lowest BCUT2D eigenvalue weighted by Gasteiger charge is -2.19. The van der Waals surface area contributed by atoms with E-state index in [0.29, 0.717) is 17.3 Å². The number of aliphatic hydroxyl groups excluding tert-OH is 1. The summed E-state index contributed by atoms with van der Waals surface area (Å²) >= 11 is 0. The van der Waals surface area contributed by atoms with Crippen LogP contribution in [-0.4, -0.2) is 23.1 Å². The van der Waals surface area contributed by atoms with Crippen LogP contribution >= 0.6 is 0 Å². The highest BCUT2D eigenvalue weighted by Crippen LogP contribution is 2.36. The molecule has 1 saturated carbocycles. The fourth-order valence-corrected chi connectivity index (χ4v) is 1.90. The molecule has 1 atom stereocenters. The quantitative estimate of drug-likeness (QED) is 0.643. The van der Waals surface area contributed by atoms with E-state index in [0.717, 1.165) is 12.8 Å². The molecule has 1 aromatic rings. The molecule has 2 rings (SSSR count). The molecule has 0 aliphatic heterocycles. The first kappa shape index (κ1) is 11.9. The number of rotatable bonds is 4. The second kappa shape index (κ2) is 4.33. The minimum absolute atomic E-state index is 0.0674. The molecule has 0 bridgehead atoms. The molecule has 0 radical (unpaired) electrons. The highest BCUT2D eigenvalue weighted by molar-refractivity contribution is 5.65. The SMILES string of the molecule is C[C@@H](O)c1ccc(N(C)C2CC2)c([N+](=O)[O-])c1. The number of hydrogen-bond donors (Lipinski definition) is 1. The summed E-state index contributed by atoms with van der Waals surface area (Å²) in [6.07, 6.45) is 1.49. The molecule has 92 valence electrons. The van der Waals surface area contributed by atoms with E-state index in [4.69, 9.17) is 0 Å². The van der Waals surface area contributed by atoms with Crippen molar-refractivity contribution in [3.8, 4) is 0 Å². The lowest BCUT2D eigenvalue weighted by atomic mass is 10.1. The molecular formula is C12H16N2O3. The Morgan fingerprint density at radius 3 is 2.65 bits per heavy atom. The Labute approximate surface area is 99.8 Å². The van der Waals surface area contributed by atoms with Crippen molar-refractivity contribution in [2.24, 2.45) is 0 Å². The van der Waals surface area contributed by atoms with Crippen molar-refractivity contribution >= 4 is 11.4 Å². The number of hydrogen-bond acceptors (Lipinski definition) is 4. The van der Waals surface area contributed by atoms with Gasteiger partial charge in [-0.3, -0.25) is 10.1 Å². The van der Waals surface area contributed by atoms with Gasteiger partial charge in [-0.1, -0.05) is 6.07 Å². The molecule has 0 aromatic heterocycles. The van der Waals surface area contributed by atoms with E-state index in [1.54, 1.807) is 19.1 Å². The Hall–Kier alpha value is -1.62. The van der Waals surface area contributed by atoms with Gasteiger partial charge in [0.15, 0.2) is 0 Å². The van der Waals surface area contributed by atoms with Crippen molar-refractivity contribution in [3.05, 3.63) is 33.9 Å². The van der Waals surface area contributed by atoms with Gasteiger partial charge in [0.25, 0.3) is 5.69 Å². The van der Waals surface area contributed by atoms with Crippen LogP contribution in [0.5, 0.6) is 0 Å². The largest absolute Gasteiger partial charge is 0.389 e. The van der Waals surface area contributed by atoms with Crippen molar-refractivity contribution in [3.63, 3.8) is 0 Å². The Morgan fingerprint density at radius 1 is 1.53 bits per heavy atom. The third-order valence-electron chi connectivity index (χ3n) is 3.15. The van der Waals surface area contributed by atoms with Crippen LogP contribution in [0.15, 0.2) is 18.2 Å². The van der Waals surface area contributed by atoms with Crippen molar-refractivity contribution in [2.75, 3.05) is 11.9 Å². The normalized spacial score (nSPS) is 16.6. The lowest BCUT2D eigenvalue weighted by molar-refractivity contribution is -0.384. The van der Waals surface area contributed by atoms with Crippen LogP contribution in [-0.2, 0) is 0 Å². The van der Waals surface area contributed by atoms with Crippen LogP contribution < -0.4 is 4.90 Å². The fraction of sp³-hybridized carbons (Fsp3) is 0.500. The average Bonchev–Trinajstić information content (AvgIpc) is 3.10. The molecule has 17 heavy (non-hydrogen) atoms. The summed E-state index contributed by atoms with van der Waals surface area (Å²) in [6.45, 7) is 1.60. The van der Waals surface area contributed by atoms with Gasteiger partial charge in [-0.25, -0.2) is 0 Å². The molecule has 1 aliphatic carbocycles. The summed E-state index contributed by atoms with van der Waals surface area (Å²) in [4.78, 5) is 12.6. The van der Waals surface area contributed by atoms with E-state index in [9.17, 15) is 15.2 Å². The third-order valence-corrected chi connectivity index (χ3v) is 3.15. The second-order valence-corrected chi connectivity index (χ2v) is 4.52. The topological polar surface area (TPSA) is 66.6 Å². The zero-order valence-electron chi connectivity index (χ0n) is 9.96. The molecule has 0 saturated heterocycles. The number of aliphatic hydroxyl groups is 1. The highest BCUT2D eigenvalue weighted by atomic mass is 16.6. The number of anilines is 1. The molecular weight excluding hydrogens is 220 g/mol. The fourth-order valence-electron chi connectivity index (χ4n) is 1.90. The molecule has 5 nitrogen and oxygen atoms in total. The van der Waals surface area contributed by atoms with Crippen molar-refractivity contribution < 1.29 is 10.0 Å². The van der Waals surface area contributed by atoms with Crippen LogP contribution in [0.1, 0.15) is 31.4 Å². The van der Waals surface area contributed by atoms with Crippen molar-refractivity contribution in [1.82, 2.24) is 0 Å². The lowest BCUT2D eigenvalue weighted by Crippen LogP contribution is -2.20. The van der Waals surface area contributed by atoms with Gasteiger partial charge < -0.3 is 10.0 Å². The maximum atomic E-state index is 11.0. The minimum Gasteiger partial charge on any atom is -0.389 e. The zero-order chi connectivity index (χ0) is 12.6. The second-order valence-electron chi connectivity index (χ2n) is 4.52. The summed E-state index contributed by atoms with van der Waals surface area (Å²) in [5.41, 5.74) is 1.27. The molecule has 1 aliphatic rings. The first-order chi connectivity index (χ1) is 8.00. The number of benzene rings is 1. The summed E-state index contributed by atoms with van der Waals surface area (Å²) in [7, 11) is 1.88. The maximum absolute atomic E-state index is 11.0. The Bertz CT molecular complexity index is 441. The highest BCUT2D eigenvalue weighted by Gasteiger charge is 2.30. The minimum atomic E-state index is -0.686. The van der Waals surface area contributed by atoms with E-state index in [1.807, 2.05) is 11.9 Å². The Morgan fingerprint density at radius 2 is 2.18 bits per heavy atom. The molecule has 0 spiro atoms. The van der Waals surface area contributed by atoms with Gasteiger partial charge in [0.05, 0.1) is 11.0 Å². The number of nitrogens with zero attached hydrogens (tertiary/aromatic N) is 2. The van der Waals surface area contributed by atoms with Crippen LogP contribution in [0, 0.1) is 10.1 Å². The summed E-state index contributed by atoms with van der Waals surface area (Å²) < 4.78 is 0. The first-order valence-electron chi connectivity index (χ1n) is 5.70. The van der Waals surface area contributed by atoms with E-state index < -0.39 is 6.10 Å². The van der Waals surface area contributed by atoms with Crippen molar-refractivity contribution in [2.45, 2.75) is 31.9 Å². The molecule has 0 unspecified atom stereocenters. The van der Waals surface area contributed by atoms with Crippen LogP contribution in [0.3, 0.4) is 0 Å². The van der Waals surface area contributed by atoms with Crippen molar-refractivity contribution in [1.29, 1.82) is 0 Å². The van der Waals surface area contributed by atoms with Gasteiger partial charge in [0, 0.05) is 19.2 Å². The Balaban J connectivity index is 2.40. The van der Waals surface area contributed by atoms with Gasteiger partial charge in [-0.2, -0.15) is 0 Å². The molecule has 1 aromatic carbocycles. The standard InChI is InChI=1S/C12H16N2O3/c1-8(15)9-3-6-11(12(7-9)14(16)17)13(2)10-4-5-10/h3,6-8,10,15H,4-5H2,1-2H3/t8-/m1/s1. The van der Waals surface area contributed by atoms with E-state index in [1.165, 1.54) is 6.07 Å². The van der Waals surface area contributed by atoms with Gasteiger partial charge in [-0.05, 0) is 31.4 Å². The van der Waals surface area contributed by atoms with E-state index in [-0.39, 0.29) is 10.6 Å². The molecule has 0 amide bonds. The van der Waals surface area contributed by atoms with Gasteiger partial charge in [0.1, 0.15) is 5.69 Å². The maximum Gasteiger partial charge on any atom is 0.292 e. The smallest absolute Gasteiger partial charge is 0.292 e. The first-order valence-corrected chi connectivity index (χ1v) is 5.70. The van der Waals surface area contributed by atoms with Gasteiger partial charge in [0.2, 0.25) is 0 Å². The van der Waals surface area contributed by atoms with E-state index >= 15 is 0 Å². The monoisotopic (exact) mass is 236 g/mol. The average molecular weight is 236 g/mol. The van der Waals surface area contributed by atoms with Gasteiger partial charge >= 0.3 is 0 Å². The van der Waals surface area contributed by atoms with Crippen LogP contribution in [0.25, 0.3) is 0 Å². The summed E-state index contributed by atoms with van der Waals surface area (Å²) in [6, 6.07) is 5.34. The Kier molecular flexibility index (Phi) is 3.02. The number of nitro groups is 1. The van der Waals surface area contributed by atoms with Crippen LogP contribution in [0.2, 0.25) is 0 Å². The number of nitro benzene ring substituents is 1. The predicted molar refractivity (Wildman–Crippen MR) is 65.2 cm³/mol. The zero-order valence-corrected chi connectivity index (χ0v) is 9.96. The summed E-state index contributed by atoms with van der Waals surface area (Å²) in [5.74, 6) is 0. The molecule has 1 N–H and O–H groups in total. The predicted octanol–water partition coefficient (Wildman–Crippen LogP) is 2.25. The van der Waals surface area contributed by atoms with Crippen LogP contribution in [0.4, 0.5) is 11.4 Å². The third kappa shape index (κ3) is 2.39. The molecule has 0 heterocycles. The van der Waals surface area contributed by atoms with E-state index in [2.05, 4.69) is 0 Å². The molecule has 1 fully saturated rings.